The molecule has 4 aromatic rings. The largest absolute Gasteiger partial charge is 0.493 e. The van der Waals surface area contributed by atoms with Gasteiger partial charge in [-0.15, -0.1) is 0 Å². The molecule has 0 radical (unpaired) electrons. The van der Waals surface area contributed by atoms with Crippen molar-refractivity contribution in [3.63, 3.8) is 0 Å². The van der Waals surface area contributed by atoms with Crippen LogP contribution in [-0.4, -0.2) is 25.3 Å². The molecule has 0 aromatic heterocycles. The number of nitrogen functional groups attached to an aromatic ring is 1. The summed E-state index contributed by atoms with van der Waals surface area (Å²) in [5, 5.41) is 14.1. The van der Waals surface area contributed by atoms with Crippen molar-refractivity contribution in [3.05, 3.63) is 120 Å². The molecular weight excluding hydrogens is 464 g/mol. The van der Waals surface area contributed by atoms with Crippen LogP contribution in [0.5, 0.6) is 11.5 Å². The molecule has 0 saturated carbocycles. The van der Waals surface area contributed by atoms with Gasteiger partial charge < -0.3 is 25.8 Å². The van der Waals surface area contributed by atoms with E-state index in [9.17, 15) is 4.79 Å². The van der Waals surface area contributed by atoms with Crippen molar-refractivity contribution >= 4 is 23.0 Å². The summed E-state index contributed by atoms with van der Waals surface area (Å²) in [4.78, 5) is 13.4. The minimum absolute atomic E-state index is 0.0120. The number of ketones is 1. The van der Waals surface area contributed by atoms with Crippen LogP contribution in [-0.2, 0) is 11.4 Å². The number of benzene rings is 4. The molecule has 7 heteroatoms. The molecule has 0 aliphatic heterocycles. The second-order valence-corrected chi connectivity index (χ2v) is 8.44. The number of nitrogens with two attached hydrogens (primary N) is 1. The van der Waals surface area contributed by atoms with Gasteiger partial charge in [-0.25, -0.2) is 0 Å². The first-order chi connectivity index (χ1) is 18.0. The first kappa shape index (κ1) is 25.3. The number of para-hydroxylation sites is 1. The normalized spacial score (nSPS) is 11.3. The van der Waals surface area contributed by atoms with Gasteiger partial charge in [-0.1, -0.05) is 54.6 Å². The van der Waals surface area contributed by atoms with E-state index in [0.717, 1.165) is 22.5 Å². The Hall–Kier alpha value is -4.78. The Balaban J connectivity index is 1.57. The Morgan fingerprint density at radius 1 is 0.865 bits per heavy atom. The van der Waals surface area contributed by atoms with E-state index in [0.29, 0.717) is 23.7 Å². The van der Waals surface area contributed by atoms with Crippen LogP contribution in [0.15, 0.2) is 103 Å². The Bertz CT molecular complexity index is 1330. The van der Waals surface area contributed by atoms with Crippen molar-refractivity contribution in [2.45, 2.75) is 12.6 Å². The Morgan fingerprint density at radius 3 is 2.19 bits per heavy atom. The molecule has 4 aromatic carbocycles. The van der Waals surface area contributed by atoms with Gasteiger partial charge in [0, 0.05) is 16.9 Å². The average molecular weight is 495 g/mol. The summed E-state index contributed by atoms with van der Waals surface area (Å²) < 4.78 is 11.6. The molecule has 0 fully saturated rings. The highest BCUT2D eigenvalue weighted by atomic mass is 16.5. The van der Waals surface area contributed by atoms with Crippen LogP contribution < -0.4 is 25.8 Å². The first-order valence-corrected chi connectivity index (χ1v) is 11.9. The molecule has 0 amide bonds. The quantitative estimate of drug-likeness (QED) is 0.155. The van der Waals surface area contributed by atoms with Gasteiger partial charge in [0.05, 0.1) is 13.7 Å². The highest BCUT2D eigenvalue weighted by Gasteiger charge is 2.22. The first-order valence-electron chi connectivity index (χ1n) is 11.9. The molecule has 0 bridgehead atoms. The molecule has 4 rings (SSSR count). The number of nitrogens with one attached hydrogen (secondary N) is 3. The highest BCUT2D eigenvalue weighted by Crippen LogP contribution is 2.32. The standard InChI is InChI=1S/C30H30N4O3/c1-36-28-18-23(14-17-27(28)37-20-21-8-4-2-5-9-21)29(26(35)19-33-24-10-6-3-7-11-24)34-25-15-12-22(13-16-25)30(31)32/h2-18,29,33-34H,19-20H2,1H3,(H3,31,32)/t29-/m0/s1. The number of carbonyl (C=O) groups is 1. The molecule has 7 nitrogen and oxygen atoms in total. The fourth-order valence-corrected chi connectivity index (χ4v) is 3.83. The number of anilines is 2. The van der Waals surface area contributed by atoms with E-state index < -0.39 is 6.04 Å². The Morgan fingerprint density at radius 2 is 1.54 bits per heavy atom. The number of Topliss-reactive ketones (excluding diaryl/α,β-unsaturated/α-hetero) is 1. The zero-order valence-corrected chi connectivity index (χ0v) is 20.6. The van der Waals surface area contributed by atoms with Crippen molar-refractivity contribution < 1.29 is 14.3 Å². The molecule has 0 unspecified atom stereocenters. The lowest BCUT2D eigenvalue weighted by Gasteiger charge is -2.21. The van der Waals surface area contributed by atoms with Crippen molar-refractivity contribution in [1.29, 1.82) is 5.41 Å². The van der Waals surface area contributed by atoms with Crippen molar-refractivity contribution in [1.82, 2.24) is 0 Å². The highest BCUT2D eigenvalue weighted by molar-refractivity contribution is 5.95. The van der Waals surface area contributed by atoms with Gasteiger partial charge in [0.15, 0.2) is 17.3 Å². The zero-order valence-electron chi connectivity index (χ0n) is 20.6. The molecule has 37 heavy (non-hydrogen) atoms. The summed E-state index contributed by atoms with van der Waals surface area (Å²) in [7, 11) is 1.58. The van der Waals surface area contributed by atoms with Gasteiger partial charge in [-0.2, -0.15) is 0 Å². The maximum absolute atomic E-state index is 13.4. The smallest absolute Gasteiger partial charge is 0.178 e. The molecule has 1 atom stereocenters. The molecule has 5 N–H and O–H groups in total. The van der Waals surface area contributed by atoms with E-state index in [1.807, 2.05) is 78.9 Å². The summed E-state index contributed by atoms with van der Waals surface area (Å²) in [6.07, 6.45) is 0. The number of hydrogen-bond donors (Lipinski definition) is 4. The van der Waals surface area contributed by atoms with Crippen LogP contribution in [0, 0.1) is 5.41 Å². The predicted octanol–water partition coefficient (Wildman–Crippen LogP) is 5.39. The number of carbonyl (C=O) groups excluding carboxylic acids is 1. The zero-order chi connectivity index (χ0) is 26.0. The summed E-state index contributed by atoms with van der Waals surface area (Å²) in [6, 6.07) is 31.4. The molecule has 188 valence electrons. The predicted molar refractivity (Wildman–Crippen MR) is 148 cm³/mol. The number of hydrogen-bond acceptors (Lipinski definition) is 6. The van der Waals surface area contributed by atoms with Gasteiger partial charge in [0.2, 0.25) is 0 Å². The SMILES string of the molecule is COc1cc([C@H](Nc2ccc(C(=N)N)cc2)C(=O)CNc2ccccc2)ccc1OCc1ccccc1. The van der Waals surface area contributed by atoms with Crippen molar-refractivity contribution in [2.24, 2.45) is 5.73 Å². The van der Waals surface area contributed by atoms with Crippen LogP contribution in [0.1, 0.15) is 22.7 Å². The van der Waals surface area contributed by atoms with E-state index in [1.165, 1.54) is 0 Å². The third kappa shape index (κ3) is 6.89. The number of amidine groups is 1. The summed E-state index contributed by atoms with van der Waals surface area (Å²) in [5.74, 6) is 1.06. The summed E-state index contributed by atoms with van der Waals surface area (Å²) >= 11 is 0. The fourth-order valence-electron chi connectivity index (χ4n) is 3.83. The minimum atomic E-state index is -0.656. The van der Waals surface area contributed by atoms with Crippen LogP contribution in [0.3, 0.4) is 0 Å². The van der Waals surface area contributed by atoms with Crippen LogP contribution in [0.25, 0.3) is 0 Å². The van der Waals surface area contributed by atoms with E-state index in [1.54, 1.807) is 31.4 Å². The van der Waals surface area contributed by atoms with Crippen LogP contribution in [0.2, 0.25) is 0 Å². The average Bonchev–Trinajstić information content (AvgIpc) is 2.95. The Labute approximate surface area is 216 Å². The molecule has 0 aliphatic carbocycles. The third-order valence-electron chi connectivity index (χ3n) is 5.83. The van der Waals surface area contributed by atoms with Gasteiger partial charge >= 0.3 is 0 Å². The summed E-state index contributed by atoms with van der Waals surface area (Å²) in [6.45, 7) is 0.530. The van der Waals surface area contributed by atoms with E-state index in [-0.39, 0.29) is 18.2 Å². The molecule has 0 spiro atoms. The molecule has 0 aliphatic rings. The lowest BCUT2D eigenvalue weighted by molar-refractivity contribution is -0.118. The lowest BCUT2D eigenvalue weighted by Crippen LogP contribution is -2.27. The maximum Gasteiger partial charge on any atom is 0.178 e. The van der Waals surface area contributed by atoms with E-state index in [2.05, 4.69) is 10.6 Å². The minimum Gasteiger partial charge on any atom is -0.493 e. The van der Waals surface area contributed by atoms with Crippen molar-refractivity contribution in [2.75, 3.05) is 24.3 Å². The van der Waals surface area contributed by atoms with E-state index in [4.69, 9.17) is 20.6 Å². The summed E-state index contributed by atoms with van der Waals surface area (Å²) in [5.41, 5.74) is 9.57. The van der Waals surface area contributed by atoms with Crippen LogP contribution in [0.4, 0.5) is 11.4 Å². The molecular formula is C30H30N4O3. The van der Waals surface area contributed by atoms with Gasteiger partial charge in [-0.05, 0) is 59.7 Å². The number of methoxy groups -OCH3 is 1. The van der Waals surface area contributed by atoms with Crippen molar-refractivity contribution in [3.8, 4) is 11.5 Å². The monoisotopic (exact) mass is 494 g/mol. The maximum atomic E-state index is 13.4. The Kier molecular flexibility index (Phi) is 8.39. The molecule has 0 heterocycles. The topological polar surface area (TPSA) is 109 Å². The van der Waals surface area contributed by atoms with Gasteiger partial charge in [0.1, 0.15) is 18.5 Å². The fraction of sp³-hybridized carbons (Fsp3) is 0.133. The van der Waals surface area contributed by atoms with Gasteiger partial charge in [0.25, 0.3) is 0 Å². The second-order valence-electron chi connectivity index (χ2n) is 8.44. The third-order valence-corrected chi connectivity index (χ3v) is 5.83. The van der Waals surface area contributed by atoms with E-state index >= 15 is 0 Å². The second kappa shape index (κ2) is 12.3. The lowest BCUT2D eigenvalue weighted by atomic mass is 10.0. The van der Waals surface area contributed by atoms with Gasteiger partial charge in [-0.3, -0.25) is 10.2 Å². The number of ether oxygens (including phenoxy) is 2. The molecule has 0 saturated heterocycles. The number of rotatable bonds is 12. The van der Waals surface area contributed by atoms with Crippen LogP contribution >= 0.6 is 0 Å².